The minimum Gasteiger partial charge on any atom is -0.454 e. The van der Waals surface area contributed by atoms with Gasteiger partial charge in [0, 0.05) is 49.8 Å². The molecule has 4 amide bonds. The number of fused-ring (bicyclic) bond motifs is 1. The molecule has 1 unspecified atom stereocenters. The Balaban J connectivity index is 0.832. The molecule has 14 heteroatoms. The summed E-state index contributed by atoms with van der Waals surface area (Å²) >= 11 is 0. The lowest BCUT2D eigenvalue weighted by molar-refractivity contribution is -0.136. The average molecular weight is 725 g/mol. The molecule has 4 aliphatic rings. The number of aryl methyl sites for hydroxylation is 1. The first-order valence-corrected chi connectivity index (χ1v) is 17.9. The van der Waals surface area contributed by atoms with E-state index in [-0.39, 0.29) is 29.4 Å². The number of nitrogens with one attached hydrogen (secondary N) is 1. The molecule has 54 heavy (non-hydrogen) atoms. The van der Waals surface area contributed by atoms with Crippen molar-refractivity contribution in [2.24, 2.45) is 0 Å². The molecule has 3 saturated heterocycles. The Morgan fingerprint density at radius 3 is 2.13 bits per heavy atom. The number of carbonyl (C=O) groups excluding carboxylic acids is 4. The highest BCUT2D eigenvalue weighted by molar-refractivity contribution is 6.23. The number of carbonyl (C=O) groups is 4. The standard InChI is InChI=1S/C40H36N8O6/c1-23-43-35(45-54-23)34-41-19-29(20-42-34)53-28-11-6-25(7-12-28)39(2,3)24-4-8-26(9-5-24)47-17-16-40(47)21-46(22-40)27-10-13-30-31(18-27)38(52)48(37(30)51)32-14-15-33(49)44-36(32)50/h4-13,18-20,32H,14-17,21-22H2,1-3H3,(H,44,49,50). The van der Waals surface area contributed by atoms with E-state index < -0.39 is 29.7 Å². The van der Waals surface area contributed by atoms with Gasteiger partial charge in [0.15, 0.2) is 5.75 Å². The summed E-state index contributed by atoms with van der Waals surface area (Å²) < 4.78 is 11.0. The van der Waals surface area contributed by atoms with Gasteiger partial charge < -0.3 is 19.1 Å². The highest BCUT2D eigenvalue weighted by Gasteiger charge is 2.54. The summed E-state index contributed by atoms with van der Waals surface area (Å²) in [4.78, 5) is 69.0. The Morgan fingerprint density at radius 2 is 1.50 bits per heavy atom. The molecular formula is C40H36N8O6. The number of hydrogen-bond donors (Lipinski definition) is 1. The number of piperidine rings is 1. The first-order valence-electron chi connectivity index (χ1n) is 17.9. The van der Waals surface area contributed by atoms with E-state index in [2.05, 4.69) is 85.5 Å². The highest BCUT2D eigenvalue weighted by atomic mass is 16.5. The minimum atomic E-state index is -0.979. The van der Waals surface area contributed by atoms with Crippen molar-refractivity contribution in [3.8, 4) is 23.1 Å². The number of rotatable bonds is 8. The van der Waals surface area contributed by atoms with Gasteiger partial charge in [-0.1, -0.05) is 43.3 Å². The maximum atomic E-state index is 13.4. The van der Waals surface area contributed by atoms with E-state index in [0.29, 0.717) is 34.6 Å². The second kappa shape index (κ2) is 12.3. The predicted octanol–water partition coefficient (Wildman–Crippen LogP) is 4.82. The molecule has 2 aromatic heterocycles. The third kappa shape index (κ3) is 5.47. The summed E-state index contributed by atoms with van der Waals surface area (Å²) in [7, 11) is 0. The molecular weight excluding hydrogens is 688 g/mol. The molecule has 3 fully saturated rings. The molecule has 0 bridgehead atoms. The Bertz CT molecular complexity index is 2330. The van der Waals surface area contributed by atoms with Crippen molar-refractivity contribution < 1.29 is 28.4 Å². The maximum absolute atomic E-state index is 13.4. The van der Waals surface area contributed by atoms with Crippen LogP contribution in [0.5, 0.6) is 11.5 Å². The van der Waals surface area contributed by atoms with E-state index in [1.165, 1.54) is 11.3 Å². The highest BCUT2D eigenvalue weighted by Crippen LogP contribution is 2.45. The lowest BCUT2D eigenvalue weighted by Gasteiger charge is -2.64. The van der Waals surface area contributed by atoms with Crippen molar-refractivity contribution in [3.05, 3.63) is 107 Å². The third-order valence-corrected chi connectivity index (χ3v) is 11.2. The molecule has 0 radical (unpaired) electrons. The van der Waals surface area contributed by atoms with Crippen LogP contribution in [0, 0.1) is 6.92 Å². The first-order chi connectivity index (χ1) is 26.0. The maximum Gasteiger partial charge on any atom is 0.262 e. The summed E-state index contributed by atoms with van der Waals surface area (Å²) in [6.45, 7) is 8.67. The van der Waals surface area contributed by atoms with Crippen LogP contribution in [0.2, 0.25) is 0 Å². The fraction of sp³-hybridized carbons (Fsp3) is 0.300. The molecule has 1 N–H and O–H groups in total. The van der Waals surface area contributed by atoms with Gasteiger partial charge in [0.1, 0.15) is 11.8 Å². The van der Waals surface area contributed by atoms with Gasteiger partial charge in [-0.3, -0.25) is 29.4 Å². The number of ether oxygens (including phenoxy) is 1. The molecule has 1 atom stereocenters. The number of imide groups is 2. The summed E-state index contributed by atoms with van der Waals surface area (Å²) in [5.74, 6) is 0.303. The molecule has 9 rings (SSSR count). The fourth-order valence-corrected chi connectivity index (χ4v) is 7.95. The van der Waals surface area contributed by atoms with Crippen LogP contribution in [-0.4, -0.2) is 79.9 Å². The van der Waals surface area contributed by atoms with Crippen LogP contribution < -0.4 is 19.9 Å². The lowest BCUT2D eigenvalue weighted by atomic mass is 9.75. The second-order valence-corrected chi connectivity index (χ2v) is 14.8. The topological polar surface area (TPSA) is 164 Å². The largest absolute Gasteiger partial charge is 0.454 e. The average Bonchev–Trinajstić information content (AvgIpc) is 3.68. The molecule has 0 aliphatic carbocycles. The number of nitrogens with zero attached hydrogens (tertiary/aromatic N) is 7. The third-order valence-electron chi connectivity index (χ3n) is 11.2. The molecule has 0 saturated carbocycles. The summed E-state index contributed by atoms with van der Waals surface area (Å²) in [5, 5.41) is 6.09. The van der Waals surface area contributed by atoms with Gasteiger partial charge in [0.2, 0.25) is 29.4 Å². The van der Waals surface area contributed by atoms with Crippen molar-refractivity contribution in [2.75, 3.05) is 29.4 Å². The van der Waals surface area contributed by atoms with E-state index in [4.69, 9.17) is 9.26 Å². The zero-order chi connectivity index (χ0) is 37.4. The van der Waals surface area contributed by atoms with Crippen molar-refractivity contribution in [2.45, 2.75) is 57.0 Å². The number of anilines is 2. The summed E-state index contributed by atoms with van der Waals surface area (Å²) in [6, 6.07) is 21.1. The minimum absolute atomic E-state index is 0.00188. The quantitative estimate of drug-likeness (QED) is 0.217. The van der Waals surface area contributed by atoms with Gasteiger partial charge in [-0.2, -0.15) is 4.98 Å². The molecule has 6 heterocycles. The van der Waals surface area contributed by atoms with Crippen molar-refractivity contribution in [1.82, 2.24) is 30.3 Å². The molecule has 1 spiro atoms. The van der Waals surface area contributed by atoms with Crippen LogP contribution >= 0.6 is 0 Å². The fourth-order valence-electron chi connectivity index (χ4n) is 7.95. The molecule has 3 aromatic carbocycles. The number of aromatic nitrogens is 4. The Hall–Kier alpha value is -6.44. The van der Waals surface area contributed by atoms with Gasteiger partial charge in [-0.25, -0.2) is 9.97 Å². The van der Waals surface area contributed by atoms with Crippen LogP contribution in [0.1, 0.15) is 70.8 Å². The van der Waals surface area contributed by atoms with Crippen LogP contribution in [0.25, 0.3) is 11.6 Å². The smallest absolute Gasteiger partial charge is 0.262 e. The van der Waals surface area contributed by atoms with Crippen LogP contribution in [0.3, 0.4) is 0 Å². The monoisotopic (exact) mass is 724 g/mol. The SMILES string of the molecule is Cc1nc(-c2ncc(Oc3ccc(C(C)(C)c4ccc(N5CCC56CN(c5ccc7c(c5)C(=O)N(C5CCC(=O)NC5=O)C7=O)C6)cc4)cc3)cn2)no1. The predicted molar refractivity (Wildman–Crippen MR) is 195 cm³/mol. The summed E-state index contributed by atoms with van der Waals surface area (Å²) in [5.41, 5.74) is 4.70. The van der Waals surface area contributed by atoms with Gasteiger partial charge in [-0.05, 0) is 66.4 Å². The molecule has 5 aromatic rings. The molecule has 4 aliphatic heterocycles. The van der Waals surface area contributed by atoms with Gasteiger partial charge >= 0.3 is 0 Å². The second-order valence-electron chi connectivity index (χ2n) is 14.8. The zero-order valence-corrected chi connectivity index (χ0v) is 29.9. The van der Waals surface area contributed by atoms with E-state index in [1.807, 2.05) is 18.2 Å². The van der Waals surface area contributed by atoms with Gasteiger partial charge in [0.05, 0.1) is 29.1 Å². The Kier molecular flexibility index (Phi) is 7.62. The van der Waals surface area contributed by atoms with Crippen LogP contribution in [-0.2, 0) is 15.0 Å². The van der Waals surface area contributed by atoms with Gasteiger partial charge in [0.25, 0.3) is 11.8 Å². The normalized spacial score (nSPS) is 19.1. The number of amides is 4. The van der Waals surface area contributed by atoms with Gasteiger partial charge in [-0.15, -0.1) is 0 Å². The molecule has 272 valence electrons. The molecule has 14 nitrogen and oxygen atoms in total. The summed E-state index contributed by atoms with van der Waals surface area (Å²) in [6.07, 6.45) is 4.44. The number of hydrogen-bond acceptors (Lipinski definition) is 12. The van der Waals surface area contributed by atoms with Crippen molar-refractivity contribution in [3.63, 3.8) is 0 Å². The van der Waals surface area contributed by atoms with E-state index in [0.717, 1.165) is 42.2 Å². The lowest BCUT2D eigenvalue weighted by Crippen LogP contribution is -2.77. The zero-order valence-electron chi connectivity index (χ0n) is 29.9. The van der Waals surface area contributed by atoms with Crippen molar-refractivity contribution in [1.29, 1.82) is 0 Å². The number of benzene rings is 3. The van der Waals surface area contributed by atoms with E-state index in [9.17, 15) is 19.2 Å². The van der Waals surface area contributed by atoms with Crippen LogP contribution in [0.15, 0.2) is 83.6 Å². The van der Waals surface area contributed by atoms with E-state index in [1.54, 1.807) is 31.5 Å². The Morgan fingerprint density at radius 1 is 0.833 bits per heavy atom. The van der Waals surface area contributed by atoms with Crippen molar-refractivity contribution >= 4 is 35.0 Å². The van der Waals surface area contributed by atoms with E-state index >= 15 is 0 Å². The van der Waals surface area contributed by atoms with Crippen LogP contribution in [0.4, 0.5) is 11.4 Å². The Labute approximate surface area is 310 Å². The first kappa shape index (κ1) is 33.4.